The molecule has 3 heterocycles. The van der Waals surface area contributed by atoms with Crippen LogP contribution in [0.25, 0.3) is 11.4 Å². The van der Waals surface area contributed by atoms with E-state index in [9.17, 15) is 22.8 Å². The van der Waals surface area contributed by atoms with Gasteiger partial charge in [-0.05, 0) is 53.3 Å². The number of urea groups is 1. The van der Waals surface area contributed by atoms with Gasteiger partial charge >= 0.3 is 12.4 Å². The van der Waals surface area contributed by atoms with E-state index < -0.39 is 23.7 Å². The van der Waals surface area contributed by atoms with Gasteiger partial charge in [0.1, 0.15) is 5.75 Å². The lowest BCUT2D eigenvalue weighted by molar-refractivity contribution is -0.274. The maximum atomic E-state index is 13.1. The molecule has 5 rings (SSSR count). The molecular weight excluding hydrogens is 489 g/mol. The van der Waals surface area contributed by atoms with Gasteiger partial charge < -0.3 is 21.1 Å². The second kappa shape index (κ2) is 8.95. The summed E-state index contributed by atoms with van der Waals surface area (Å²) >= 11 is 0. The molecule has 12 heteroatoms. The van der Waals surface area contributed by atoms with Gasteiger partial charge in [-0.1, -0.05) is 18.2 Å². The number of allylic oxidation sites excluding steroid dienone is 2. The number of halogens is 3. The quantitative estimate of drug-likeness (QED) is 0.543. The Balaban J connectivity index is 1.60. The second-order valence-electron chi connectivity index (χ2n) is 9.05. The number of rotatable bonds is 5. The molecule has 0 saturated heterocycles. The number of fused-ring (bicyclic) bond motifs is 1. The van der Waals surface area contributed by atoms with Gasteiger partial charge in [-0.2, -0.15) is 0 Å². The van der Waals surface area contributed by atoms with Crippen LogP contribution < -0.4 is 16.2 Å². The largest absolute Gasteiger partial charge is 0.573 e. The number of alkyl halides is 3. The van der Waals surface area contributed by atoms with Gasteiger partial charge in [0.05, 0.1) is 11.1 Å². The molecule has 4 N–H and O–H groups in total. The SMILES string of the molecule is NC(=O)N1CCC2=C(C1)C(Cc1cn3cccnc3n1)(C(N)=O)CC=C2c1cccc(OC(F)(F)F)c1. The van der Waals surface area contributed by atoms with Gasteiger partial charge in [0.25, 0.3) is 0 Å². The summed E-state index contributed by atoms with van der Waals surface area (Å²) in [5.74, 6) is -0.491. The Labute approximate surface area is 209 Å². The fraction of sp³-hybridized carbons (Fsp3) is 0.280. The molecular formula is C25H23F3N6O3. The zero-order chi connectivity index (χ0) is 26.4. The molecule has 3 amide bonds. The van der Waals surface area contributed by atoms with Crippen LogP contribution >= 0.6 is 0 Å². The highest BCUT2D eigenvalue weighted by Crippen LogP contribution is 2.48. The van der Waals surface area contributed by atoms with Gasteiger partial charge in [0.15, 0.2) is 0 Å². The lowest BCUT2D eigenvalue weighted by Gasteiger charge is -2.43. The molecule has 9 nitrogen and oxygen atoms in total. The molecule has 1 aliphatic carbocycles. The van der Waals surface area contributed by atoms with Gasteiger partial charge in [0.2, 0.25) is 11.7 Å². The van der Waals surface area contributed by atoms with Crippen molar-refractivity contribution in [2.24, 2.45) is 16.9 Å². The third kappa shape index (κ3) is 4.61. The van der Waals surface area contributed by atoms with Crippen LogP contribution in [0.4, 0.5) is 18.0 Å². The number of nitrogens with two attached hydrogens (primary N) is 2. The molecule has 37 heavy (non-hydrogen) atoms. The van der Waals surface area contributed by atoms with Crippen molar-refractivity contribution in [3.05, 3.63) is 77.4 Å². The second-order valence-corrected chi connectivity index (χ2v) is 9.05. The van der Waals surface area contributed by atoms with Crippen LogP contribution in [0.3, 0.4) is 0 Å². The molecule has 0 bridgehead atoms. The van der Waals surface area contributed by atoms with E-state index in [2.05, 4.69) is 14.7 Å². The lowest BCUT2D eigenvalue weighted by Crippen LogP contribution is -2.50. The third-order valence-electron chi connectivity index (χ3n) is 6.83. The molecule has 1 atom stereocenters. The topological polar surface area (TPSA) is 129 Å². The highest BCUT2D eigenvalue weighted by atomic mass is 19.4. The maximum absolute atomic E-state index is 13.1. The smallest absolute Gasteiger partial charge is 0.406 e. The van der Waals surface area contributed by atoms with Crippen molar-refractivity contribution in [1.82, 2.24) is 19.3 Å². The van der Waals surface area contributed by atoms with Crippen molar-refractivity contribution >= 4 is 23.3 Å². The number of benzene rings is 1. The molecule has 0 spiro atoms. The average Bonchev–Trinajstić information content (AvgIpc) is 3.25. The molecule has 1 aliphatic heterocycles. The first-order valence-electron chi connectivity index (χ1n) is 11.5. The summed E-state index contributed by atoms with van der Waals surface area (Å²) in [6, 6.07) is 6.77. The summed E-state index contributed by atoms with van der Waals surface area (Å²) in [5.41, 5.74) is 13.5. The first kappa shape index (κ1) is 24.3. The molecule has 0 radical (unpaired) electrons. The van der Waals surface area contributed by atoms with E-state index in [1.54, 1.807) is 35.1 Å². The van der Waals surface area contributed by atoms with Gasteiger partial charge in [-0.3, -0.25) is 9.20 Å². The zero-order valence-electron chi connectivity index (χ0n) is 19.5. The number of carbonyl (C=O) groups is 2. The number of primary amides is 2. The minimum atomic E-state index is -4.83. The number of carbonyl (C=O) groups excluding carboxylic acids is 2. The number of hydrogen-bond acceptors (Lipinski definition) is 5. The summed E-state index contributed by atoms with van der Waals surface area (Å²) in [4.78, 5) is 35.3. The Hall–Kier alpha value is -4.35. The summed E-state index contributed by atoms with van der Waals surface area (Å²) in [6.45, 7) is 0.354. The van der Waals surface area contributed by atoms with Crippen LogP contribution in [0.15, 0.2) is 66.1 Å². The van der Waals surface area contributed by atoms with E-state index in [0.717, 1.165) is 5.57 Å². The van der Waals surface area contributed by atoms with Crippen molar-refractivity contribution in [1.29, 1.82) is 0 Å². The lowest BCUT2D eigenvalue weighted by atomic mass is 9.65. The number of ether oxygens (including phenoxy) is 1. The molecule has 2 aromatic heterocycles. The van der Waals surface area contributed by atoms with E-state index in [0.29, 0.717) is 34.6 Å². The predicted octanol–water partition coefficient (Wildman–Crippen LogP) is 3.21. The summed E-state index contributed by atoms with van der Waals surface area (Å²) < 4.78 is 44.3. The Kier molecular flexibility index (Phi) is 5.89. The van der Waals surface area contributed by atoms with Gasteiger partial charge in [0, 0.05) is 38.1 Å². The van der Waals surface area contributed by atoms with Crippen LogP contribution in [0.5, 0.6) is 5.75 Å². The van der Waals surface area contributed by atoms with E-state index in [4.69, 9.17) is 11.5 Å². The Morgan fingerprint density at radius 2 is 2.00 bits per heavy atom. The Morgan fingerprint density at radius 1 is 1.19 bits per heavy atom. The molecule has 0 saturated carbocycles. The number of nitrogens with zero attached hydrogens (tertiary/aromatic N) is 4. The maximum Gasteiger partial charge on any atom is 0.573 e. The summed E-state index contributed by atoms with van der Waals surface area (Å²) in [5, 5.41) is 0. The van der Waals surface area contributed by atoms with Crippen molar-refractivity contribution in [3.8, 4) is 5.75 Å². The van der Waals surface area contributed by atoms with Crippen LogP contribution in [-0.4, -0.2) is 50.7 Å². The first-order chi connectivity index (χ1) is 17.6. The van der Waals surface area contributed by atoms with Crippen LogP contribution in [-0.2, 0) is 11.2 Å². The summed E-state index contributed by atoms with van der Waals surface area (Å²) in [6.07, 6.45) is 2.78. The number of hydrogen-bond donors (Lipinski definition) is 2. The van der Waals surface area contributed by atoms with Crippen LogP contribution in [0.2, 0.25) is 0 Å². The van der Waals surface area contributed by atoms with Gasteiger partial charge in [-0.25, -0.2) is 14.8 Å². The average molecular weight is 512 g/mol. The number of amides is 3. The van der Waals surface area contributed by atoms with E-state index in [1.807, 2.05) is 6.08 Å². The third-order valence-corrected chi connectivity index (χ3v) is 6.83. The van der Waals surface area contributed by atoms with E-state index in [-0.39, 0.29) is 31.7 Å². The van der Waals surface area contributed by atoms with Crippen LogP contribution in [0, 0.1) is 5.41 Å². The zero-order valence-corrected chi connectivity index (χ0v) is 19.5. The van der Waals surface area contributed by atoms with Crippen molar-refractivity contribution < 1.29 is 27.5 Å². The van der Waals surface area contributed by atoms with Gasteiger partial charge in [-0.15, -0.1) is 13.2 Å². The predicted molar refractivity (Wildman–Crippen MR) is 127 cm³/mol. The molecule has 1 aromatic carbocycles. The highest BCUT2D eigenvalue weighted by molar-refractivity contribution is 5.92. The fourth-order valence-electron chi connectivity index (χ4n) is 5.15. The molecule has 2 aliphatic rings. The molecule has 0 fully saturated rings. The van der Waals surface area contributed by atoms with Crippen LogP contribution in [0.1, 0.15) is 24.1 Å². The van der Waals surface area contributed by atoms with Crippen molar-refractivity contribution in [3.63, 3.8) is 0 Å². The Morgan fingerprint density at radius 3 is 2.70 bits per heavy atom. The van der Waals surface area contributed by atoms with Crippen molar-refractivity contribution in [2.75, 3.05) is 13.1 Å². The normalized spacial score (nSPS) is 20.0. The molecule has 3 aromatic rings. The van der Waals surface area contributed by atoms with E-state index >= 15 is 0 Å². The first-order valence-corrected chi connectivity index (χ1v) is 11.5. The van der Waals surface area contributed by atoms with E-state index in [1.165, 1.54) is 23.1 Å². The minimum Gasteiger partial charge on any atom is -0.406 e. The van der Waals surface area contributed by atoms with Crippen molar-refractivity contribution in [2.45, 2.75) is 25.6 Å². The summed E-state index contributed by atoms with van der Waals surface area (Å²) in [7, 11) is 0. The minimum absolute atomic E-state index is 0.0648. The Bertz CT molecular complexity index is 1430. The standard InChI is InChI=1S/C25H23F3N6O3/c26-25(27,28)37-17-4-1-3-15(11-17)18-5-7-24(21(29)35,20-14-33(22(30)36)10-6-19(18)20)12-16-13-34-9-2-8-31-23(34)32-16/h1-5,8-9,11,13H,6-7,10,12,14H2,(H2,29,35)(H2,30,36). The molecule has 1 unspecified atom stereocenters. The fourth-order valence-corrected chi connectivity index (χ4v) is 5.15. The number of imidazole rings is 1. The highest BCUT2D eigenvalue weighted by Gasteiger charge is 2.46. The monoisotopic (exact) mass is 512 g/mol. The number of aromatic nitrogens is 3. The molecule has 192 valence electrons.